The molecule has 0 aliphatic heterocycles. The van der Waals surface area contributed by atoms with Gasteiger partial charge in [-0.3, -0.25) is 14.9 Å². The molecule has 0 saturated carbocycles. The summed E-state index contributed by atoms with van der Waals surface area (Å²) in [4.78, 5) is 22.5. The molecule has 0 bridgehead atoms. The van der Waals surface area contributed by atoms with Crippen molar-refractivity contribution in [1.29, 1.82) is 0 Å². The quantitative estimate of drug-likeness (QED) is 0.386. The van der Waals surface area contributed by atoms with Gasteiger partial charge < -0.3 is 10.1 Å². The highest BCUT2D eigenvalue weighted by molar-refractivity contribution is 5.92. The molecule has 9 nitrogen and oxygen atoms in total. The van der Waals surface area contributed by atoms with Crippen LogP contribution in [0.25, 0.3) is 16.5 Å². The van der Waals surface area contributed by atoms with Gasteiger partial charge in [-0.05, 0) is 17.5 Å². The van der Waals surface area contributed by atoms with Gasteiger partial charge in [0, 0.05) is 18.4 Å². The summed E-state index contributed by atoms with van der Waals surface area (Å²) in [7, 11) is 0. The number of rotatable bonds is 6. The lowest BCUT2D eigenvalue weighted by Crippen LogP contribution is -2.11. The van der Waals surface area contributed by atoms with E-state index in [0.29, 0.717) is 11.4 Å². The topological polar surface area (TPSA) is 112 Å². The number of nitrogens with one attached hydrogen (secondary N) is 1. The Morgan fingerprint density at radius 3 is 2.70 bits per heavy atom. The van der Waals surface area contributed by atoms with Crippen LogP contribution >= 0.6 is 0 Å². The van der Waals surface area contributed by atoms with E-state index in [4.69, 9.17) is 4.74 Å². The van der Waals surface area contributed by atoms with Gasteiger partial charge in [0.2, 0.25) is 5.91 Å². The standard InChI is InChI=1S/C21H17N5O4/c1-14(27)22-18-9-5-10-19(26(28)29)21(18)25-12-16(23-24-25)13-30-20-11-4-7-15-6-2-3-8-17(15)20/h2-12H,13H2,1H3,(H,22,27). The van der Waals surface area contributed by atoms with E-state index in [1.54, 1.807) is 12.3 Å². The van der Waals surface area contributed by atoms with Crippen LogP contribution in [0.4, 0.5) is 11.4 Å². The van der Waals surface area contributed by atoms with Gasteiger partial charge in [-0.2, -0.15) is 0 Å². The number of amides is 1. The number of aromatic nitrogens is 3. The molecule has 1 aromatic heterocycles. The van der Waals surface area contributed by atoms with Crippen LogP contribution in [-0.2, 0) is 11.4 Å². The average Bonchev–Trinajstić information content (AvgIpc) is 3.20. The molecule has 3 aromatic carbocycles. The second-order valence-corrected chi connectivity index (χ2v) is 6.53. The average molecular weight is 403 g/mol. The van der Waals surface area contributed by atoms with E-state index in [1.807, 2.05) is 42.5 Å². The zero-order valence-corrected chi connectivity index (χ0v) is 16.0. The van der Waals surface area contributed by atoms with Crippen molar-refractivity contribution in [2.75, 3.05) is 5.32 Å². The largest absolute Gasteiger partial charge is 0.487 e. The number of ether oxygens (including phenoxy) is 1. The Kier molecular flexibility index (Phi) is 5.08. The molecule has 0 fully saturated rings. The highest BCUT2D eigenvalue weighted by Gasteiger charge is 2.21. The van der Waals surface area contributed by atoms with E-state index in [0.717, 1.165) is 10.8 Å². The summed E-state index contributed by atoms with van der Waals surface area (Å²) in [6, 6.07) is 18.0. The SMILES string of the molecule is CC(=O)Nc1cccc([N+](=O)[O-])c1-n1cc(COc2cccc3ccccc23)nn1. The molecule has 1 amide bonds. The van der Waals surface area contributed by atoms with Crippen LogP contribution in [0.3, 0.4) is 0 Å². The second-order valence-electron chi connectivity index (χ2n) is 6.53. The molecule has 0 aliphatic rings. The highest BCUT2D eigenvalue weighted by atomic mass is 16.6. The van der Waals surface area contributed by atoms with Crippen molar-refractivity contribution in [3.8, 4) is 11.4 Å². The van der Waals surface area contributed by atoms with Crippen molar-refractivity contribution in [1.82, 2.24) is 15.0 Å². The Morgan fingerprint density at radius 1 is 1.13 bits per heavy atom. The third kappa shape index (κ3) is 3.81. The van der Waals surface area contributed by atoms with Crippen molar-refractivity contribution in [3.05, 3.63) is 82.7 Å². The van der Waals surface area contributed by atoms with Gasteiger partial charge in [0.1, 0.15) is 18.1 Å². The van der Waals surface area contributed by atoms with Crippen molar-refractivity contribution in [2.24, 2.45) is 0 Å². The Hall–Kier alpha value is -4.27. The van der Waals surface area contributed by atoms with Crippen molar-refractivity contribution >= 4 is 28.1 Å². The molecule has 4 aromatic rings. The summed E-state index contributed by atoms with van der Waals surface area (Å²) in [6.45, 7) is 1.46. The van der Waals surface area contributed by atoms with Crippen LogP contribution in [0.1, 0.15) is 12.6 Å². The first-order chi connectivity index (χ1) is 14.5. The van der Waals surface area contributed by atoms with E-state index >= 15 is 0 Å². The molecular formula is C21H17N5O4. The second kappa shape index (κ2) is 8.00. The summed E-state index contributed by atoms with van der Waals surface area (Å²) in [6.07, 6.45) is 1.54. The van der Waals surface area contributed by atoms with E-state index < -0.39 is 4.92 Å². The van der Waals surface area contributed by atoms with Gasteiger partial charge in [-0.1, -0.05) is 47.7 Å². The number of nitrogens with zero attached hydrogens (tertiary/aromatic N) is 4. The fourth-order valence-corrected chi connectivity index (χ4v) is 3.16. The lowest BCUT2D eigenvalue weighted by Gasteiger charge is -2.09. The summed E-state index contributed by atoms with van der Waals surface area (Å²) >= 11 is 0. The third-order valence-corrected chi connectivity index (χ3v) is 4.42. The van der Waals surface area contributed by atoms with E-state index in [1.165, 1.54) is 23.7 Å². The van der Waals surface area contributed by atoms with Crippen LogP contribution < -0.4 is 10.1 Å². The number of nitro benzene ring substituents is 1. The lowest BCUT2D eigenvalue weighted by atomic mass is 10.1. The fraction of sp³-hybridized carbons (Fsp3) is 0.0952. The molecule has 0 atom stereocenters. The first kappa shape index (κ1) is 19.1. The van der Waals surface area contributed by atoms with E-state index in [2.05, 4.69) is 15.6 Å². The molecule has 0 aliphatic carbocycles. The van der Waals surface area contributed by atoms with Crippen LogP contribution in [0, 0.1) is 10.1 Å². The number of benzene rings is 3. The normalized spacial score (nSPS) is 10.7. The van der Waals surface area contributed by atoms with Crippen molar-refractivity contribution in [3.63, 3.8) is 0 Å². The number of nitro groups is 1. The molecule has 150 valence electrons. The zero-order valence-electron chi connectivity index (χ0n) is 16.0. The Balaban J connectivity index is 1.63. The molecule has 4 rings (SSSR count). The van der Waals surface area contributed by atoms with Crippen LogP contribution in [0.2, 0.25) is 0 Å². The fourth-order valence-electron chi connectivity index (χ4n) is 3.16. The Morgan fingerprint density at radius 2 is 1.90 bits per heavy atom. The van der Waals surface area contributed by atoms with Gasteiger partial charge in [-0.15, -0.1) is 5.10 Å². The highest BCUT2D eigenvalue weighted by Crippen LogP contribution is 2.30. The van der Waals surface area contributed by atoms with Crippen molar-refractivity contribution in [2.45, 2.75) is 13.5 Å². The number of carbonyl (C=O) groups excluding carboxylic acids is 1. The summed E-state index contributed by atoms with van der Waals surface area (Å²) in [5, 5.41) is 24.2. The van der Waals surface area contributed by atoms with Crippen LogP contribution in [-0.4, -0.2) is 25.8 Å². The molecular weight excluding hydrogens is 386 g/mol. The first-order valence-corrected chi connectivity index (χ1v) is 9.10. The van der Waals surface area contributed by atoms with Gasteiger partial charge in [0.05, 0.1) is 16.8 Å². The summed E-state index contributed by atoms with van der Waals surface area (Å²) in [5.74, 6) is 0.351. The van der Waals surface area contributed by atoms with Gasteiger partial charge in [0.25, 0.3) is 5.69 Å². The number of para-hydroxylation sites is 1. The number of fused-ring (bicyclic) bond motifs is 1. The minimum Gasteiger partial charge on any atom is -0.487 e. The Labute approximate surface area is 171 Å². The first-order valence-electron chi connectivity index (χ1n) is 9.10. The molecule has 0 spiro atoms. The molecule has 1 N–H and O–H groups in total. The monoisotopic (exact) mass is 403 g/mol. The summed E-state index contributed by atoms with van der Waals surface area (Å²) < 4.78 is 7.18. The van der Waals surface area contributed by atoms with E-state index in [-0.39, 0.29) is 29.6 Å². The predicted octanol–water partition coefficient (Wildman–Crippen LogP) is 3.87. The number of hydrogen-bond acceptors (Lipinski definition) is 6. The van der Waals surface area contributed by atoms with Gasteiger partial charge >= 0.3 is 0 Å². The van der Waals surface area contributed by atoms with Crippen LogP contribution in [0.15, 0.2) is 66.9 Å². The number of carbonyl (C=O) groups is 1. The van der Waals surface area contributed by atoms with Crippen LogP contribution in [0.5, 0.6) is 5.75 Å². The Bertz CT molecular complexity index is 1250. The molecule has 1 heterocycles. The van der Waals surface area contributed by atoms with Gasteiger partial charge in [0.15, 0.2) is 5.69 Å². The molecule has 0 saturated heterocycles. The summed E-state index contributed by atoms with van der Waals surface area (Å²) in [5.41, 5.74) is 0.673. The maximum absolute atomic E-state index is 11.5. The number of hydrogen-bond donors (Lipinski definition) is 1. The lowest BCUT2D eigenvalue weighted by molar-refractivity contribution is -0.384. The molecule has 0 radical (unpaired) electrons. The maximum atomic E-state index is 11.5. The zero-order chi connectivity index (χ0) is 21.1. The third-order valence-electron chi connectivity index (χ3n) is 4.42. The number of anilines is 1. The molecule has 0 unspecified atom stereocenters. The predicted molar refractivity (Wildman–Crippen MR) is 111 cm³/mol. The molecule has 30 heavy (non-hydrogen) atoms. The minimum absolute atomic E-state index is 0.126. The van der Waals surface area contributed by atoms with Gasteiger partial charge in [-0.25, -0.2) is 4.68 Å². The van der Waals surface area contributed by atoms with E-state index in [9.17, 15) is 14.9 Å². The van der Waals surface area contributed by atoms with Crippen molar-refractivity contribution < 1.29 is 14.5 Å². The maximum Gasteiger partial charge on any atom is 0.297 e. The molecule has 9 heteroatoms. The smallest absolute Gasteiger partial charge is 0.297 e. The minimum atomic E-state index is -0.533.